The van der Waals surface area contributed by atoms with Crippen molar-refractivity contribution in [1.82, 2.24) is 0 Å². The number of carbonyl (C=O) groups excluding carboxylic acids is 3. The molecule has 102 valence electrons. The van der Waals surface area contributed by atoms with E-state index >= 15 is 0 Å². The lowest BCUT2D eigenvalue weighted by atomic mass is 9.80. The van der Waals surface area contributed by atoms with Gasteiger partial charge in [-0.1, -0.05) is 0 Å². The molecule has 0 spiro atoms. The Labute approximate surface area is 112 Å². The fourth-order valence-electron chi connectivity index (χ4n) is 2.26. The first kappa shape index (κ1) is 15.2. The van der Waals surface area contributed by atoms with Gasteiger partial charge in [-0.05, 0) is 32.4 Å². The smallest absolute Gasteiger partial charge is 0.319 e. The Kier molecular flexibility index (Phi) is 5.85. The third kappa shape index (κ3) is 3.57. The van der Waals surface area contributed by atoms with E-state index in [9.17, 15) is 14.4 Å². The molecular weight excluding hydrogens is 252 g/mol. The molecule has 0 bridgehead atoms. The average molecular weight is 272 g/mol. The van der Waals surface area contributed by atoms with E-state index in [0.29, 0.717) is 32.3 Å². The molecule has 0 heterocycles. The molecule has 1 saturated carbocycles. The summed E-state index contributed by atoms with van der Waals surface area (Å²) in [5, 5.41) is 0. The van der Waals surface area contributed by atoms with E-state index in [2.05, 4.69) is 0 Å². The molecule has 0 aliphatic heterocycles. The highest BCUT2D eigenvalue weighted by atomic mass is 32.2. The number of carbonyl (C=O) groups is 3. The predicted octanol–water partition coefficient (Wildman–Crippen LogP) is 2.00. The van der Waals surface area contributed by atoms with Crippen LogP contribution >= 0.6 is 11.8 Å². The van der Waals surface area contributed by atoms with Gasteiger partial charge in [-0.2, -0.15) is 11.8 Å². The van der Waals surface area contributed by atoms with Gasteiger partial charge < -0.3 is 9.53 Å². The minimum Gasteiger partial charge on any atom is -0.464 e. The third-order valence-corrected chi connectivity index (χ3v) is 3.93. The molecule has 0 aromatic rings. The zero-order chi connectivity index (χ0) is 13.6. The van der Waals surface area contributed by atoms with Crippen LogP contribution in [0, 0.1) is 5.41 Å². The van der Waals surface area contributed by atoms with E-state index in [1.54, 1.807) is 11.8 Å². The maximum Gasteiger partial charge on any atom is 0.319 e. The van der Waals surface area contributed by atoms with Crippen LogP contribution in [0.4, 0.5) is 0 Å². The largest absolute Gasteiger partial charge is 0.464 e. The topological polar surface area (TPSA) is 60.4 Å². The third-order valence-electron chi connectivity index (χ3n) is 3.36. The molecular formula is C13H20O4S. The van der Waals surface area contributed by atoms with Crippen LogP contribution in [-0.4, -0.2) is 36.2 Å². The highest BCUT2D eigenvalue weighted by Crippen LogP contribution is 2.40. The molecule has 0 aromatic carbocycles. The molecule has 1 atom stereocenters. The summed E-state index contributed by atoms with van der Waals surface area (Å²) in [6.45, 7) is 1.81. The van der Waals surface area contributed by atoms with E-state index in [1.165, 1.54) is 6.92 Å². The second kappa shape index (κ2) is 6.92. The fraction of sp³-hybridized carbons (Fsp3) is 0.769. The molecule has 4 nitrogen and oxygen atoms in total. The van der Waals surface area contributed by atoms with Gasteiger partial charge in [-0.3, -0.25) is 9.59 Å². The van der Waals surface area contributed by atoms with Crippen LogP contribution < -0.4 is 0 Å². The van der Waals surface area contributed by atoms with E-state index in [0.717, 1.165) is 5.75 Å². The summed E-state index contributed by atoms with van der Waals surface area (Å²) in [6.07, 6.45) is 4.17. The van der Waals surface area contributed by atoms with Crippen LogP contribution in [-0.2, 0) is 19.1 Å². The van der Waals surface area contributed by atoms with E-state index in [4.69, 9.17) is 4.74 Å². The standard InChI is InChI=1S/C13H20O4S/c1-10(14)5-7-13(6-3-4-11(13)15)12(16)17-8-9-18-2/h3-9H2,1-2H3. The van der Waals surface area contributed by atoms with Crippen molar-refractivity contribution in [2.75, 3.05) is 18.6 Å². The second-order valence-electron chi connectivity index (χ2n) is 4.69. The first-order valence-corrected chi connectivity index (χ1v) is 7.61. The van der Waals surface area contributed by atoms with E-state index < -0.39 is 11.4 Å². The Morgan fingerprint density at radius 2 is 2.17 bits per heavy atom. The van der Waals surface area contributed by atoms with Crippen molar-refractivity contribution in [1.29, 1.82) is 0 Å². The molecule has 1 rings (SSSR count). The number of Topliss-reactive ketones (excluding diaryl/α,β-unsaturated/α-hetero) is 2. The van der Waals surface area contributed by atoms with Crippen LogP contribution in [0.5, 0.6) is 0 Å². The maximum absolute atomic E-state index is 12.1. The van der Waals surface area contributed by atoms with Crippen molar-refractivity contribution in [2.24, 2.45) is 5.41 Å². The first-order valence-electron chi connectivity index (χ1n) is 6.22. The molecule has 0 aromatic heterocycles. The minimum absolute atomic E-state index is 0.00555. The molecule has 0 N–H and O–H groups in total. The van der Waals surface area contributed by atoms with Crippen LogP contribution in [0.25, 0.3) is 0 Å². The van der Waals surface area contributed by atoms with Crippen LogP contribution in [0.2, 0.25) is 0 Å². The molecule has 1 aliphatic carbocycles. The molecule has 1 unspecified atom stereocenters. The van der Waals surface area contributed by atoms with Crippen molar-refractivity contribution >= 4 is 29.3 Å². The zero-order valence-corrected chi connectivity index (χ0v) is 11.8. The highest BCUT2D eigenvalue weighted by molar-refractivity contribution is 7.98. The van der Waals surface area contributed by atoms with Gasteiger partial charge >= 0.3 is 5.97 Å². The lowest BCUT2D eigenvalue weighted by Crippen LogP contribution is -2.37. The van der Waals surface area contributed by atoms with E-state index in [1.807, 2.05) is 6.26 Å². The fourth-order valence-corrected chi connectivity index (χ4v) is 2.51. The minimum atomic E-state index is -1.04. The van der Waals surface area contributed by atoms with Crippen molar-refractivity contribution in [3.63, 3.8) is 0 Å². The van der Waals surface area contributed by atoms with Gasteiger partial charge in [-0.15, -0.1) is 0 Å². The van der Waals surface area contributed by atoms with Gasteiger partial charge in [0.1, 0.15) is 23.6 Å². The van der Waals surface area contributed by atoms with Gasteiger partial charge in [0.05, 0.1) is 0 Å². The predicted molar refractivity (Wildman–Crippen MR) is 70.5 cm³/mol. The molecule has 18 heavy (non-hydrogen) atoms. The number of thioether (sulfide) groups is 1. The molecule has 5 heteroatoms. The lowest BCUT2D eigenvalue weighted by Gasteiger charge is -2.24. The lowest BCUT2D eigenvalue weighted by molar-refractivity contribution is -0.159. The summed E-state index contributed by atoms with van der Waals surface area (Å²) >= 11 is 1.59. The maximum atomic E-state index is 12.1. The van der Waals surface area contributed by atoms with Crippen LogP contribution in [0.1, 0.15) is 39.0 Å². The monoisotopic (exact) mass is 272 g/mol. The Hall–Kier alpha value is -0.840. The first-order chi connectivity index (χ1) is 8.53. The summed E-state index contributed by atoms with van der Waals surface area (Å²) in [7, 11) is 0. The zero-order valence-electron chi connectivity index (χ0n) is 11.0. The Bertz CT molecular complexity index is 340. The summed E-state index contributed by atoms with van der Waals surface area (Å²) in [5.41, 5.74) is -1.04. The summed E-state index contributed by atoms with van der Waals surface area (Å²) in [4.78, 5) is 35.1. The van der Waals surface area contributed by atoms with Gasteiger partial charge in [0.15, 0.2) is 0 Å². The summed E-state index contributed by atoms with van der Waals surface area (Å²) in [5.74, 6) is 0.243. The number of esters is 1. The number of hydrogen-bond acceptors (Lipinski definition) is 5. The van der Waals surface area contributed by atoms with Gasteiger partial charge in [-0.25, -0.2) is 0 Å². The van der Waals surface area contributed by atoms with Crippen molar-refractivity contribution < 1.29 is 19.1 Å². The molecule has 1 aliphatic rings. The average Bonchev–Trinajstić information content (AvgIpc) is 2.69. The Morgan fingerprint density at radius 1 is 1.44 bits per heavy atom. The second-order valence-corrected chi connectivity index (χ2v) is 5.68. The van der Waals surface area contributed by atoms with Crippen molar-refractivity contribution in [3.05, 3.63) is 0 Å². The van der Waals surface area contributed by atoms with Crippen LogP contribution in [0.15, 0.2) is 0 Å². The van der Waals surface area contributed by atoms with Gasteiger partial charge in [0.25, 0.3) is 0 Å². The number of hydrogen-bond donors (Lipinski definition) is 0. The molecule has 0 amide bonds. The number of rotatable bonds is 7. The Balaban J connectivity index is 2.68. The number of ether oxygens (including phenoxy) is 1. The van der Waals surface area contributed by atoms with Crippen molar-refractivity contribution in [3.8, 4) is 0 Å². The van der Waals surface area contributed by atoms with Crippen LogP contribution in [0.3, 0.4) is 0 Å². The summed E-state index contributed by atoms with van der Waals surface area (Å²) < 4.78 is 5.18. The van der Waals surface area contributed by atoms with Crippen molar-refractivity contribution in [2.45, 2.75) is 39.0 Å². The SMILES string of the molecule is CSCCOC(=O)C1(CCC(C)=O)CCCC1=O. The van der Waals surface area contributed by atoms with Gasteiger partial charge in [0.2, 0.25) is 0 Å². The Morgan fingerprint density at radius 3 is 2.67 bits per heavy atom. The van der Waals surface area contributed by atoms with E-state index in [-0.39, 0.29) is 18.0 Å². The van der Waals surface area contributed by atoms with Gasteiger partial charge in [0, 0.05) is 18.6 Å². The summed E-state index contributed by atoms with van der Waals surface area (Å²) in [6, 6.07) is 0. The number of ketones is 2. The molecule has 1 fully saturated rings. The highest BCUT2D eigenvalue weighted by Gasteiger charge is 2.49. The molecule has 0 radical (unpaired) electrons. The molecule has 0 saturated heterocycles. The quantitative estimate of drug-likeness (QED) is 0.403. The normalized spacial score (nSPS) is 23.1.